The fourth-order valence-electron chi connectivity index (χ4n) is 1.70. The summed E-state index contributed by atoms with van der Waals surface area (Å²) in [6, 6.07) is 8.11. The summed E-state index contributed by atoms with van der Waals surface area (Å²) in [5.41, 5.74) is 1.41. The van der Waals surface area contributed by atoms with E-state index in [1.54, 1.807) is 0 Å². The first-order valence-electron chi connectivity index (χ1n) is 6.23. The molecule has 0 saturated carbocycles. The Labute approximate surface area is 106 Å². The van der Waals surface area contributed by atoms with E-state index in [4.69, 9.17) is 0 Å². The van der Waals surface area contributed by atoms with Crippen molar-refractivity contribution in [1.29, 1.82) is 0 Å². The summed E-state index contributed by atoms with van der Waals surface area (Å²) in [6.45, 7) is 8.65. The third kappa shape index (κ3) is 3.88. The van der Waals surface area contributed by atoms with Crippen LogP contribution in [-0.2, 0) is 14.9 Å². The van der Waals surface area contributed by atoms with E-state index < -0.39 is 9.52 Å². The Morgan fingerprint density at radius 3 is 2.12 bits per heavy atom. The fraction of sp³-hybridized carbons (Fsp3) is 0.533. The lowest BCUT2D eigenvalue weighted by Gasteiger charge is -2.19. The molecule has 0 amide bonds. The summed E-state index contributed by atoms with van der Waals surface area (Å²) in [6.07, 6.45) is 2.04. The average molecular weight is 252 g/mol. The molecule has 1 aromatic carbocycles. The van der Waals surface area contributed by atoms with Gasteiger partial charge in [0.05, 0.1) is 0 Å². The van der Waals surface area contributed by atoms with Crippen molar-refractivity contribution in [1.82, 2.24) is 0 Å². The highest BCUT2D eigenvalue weighted by Gasteiger charge is 2.14. The molecule has 1 rings (SSSR count). The monoisotopic (exact) mass is 252 g/mol. The minimum atomic E-state index is -2.08. The summed E-state index contributed by atoms with van der Waals surface area (Å²) in [5.74, 6) is 4.59. The van der Waals surface area contributed by atoms with E-state index in [0.717, 1.165) is 17.7 Å². The maximum Gasteiger partial charge on any atom is 0.0305 e. The molecule has 0 fully saturated rings. The maximum absolute atomic E-state index is 12.4. The quantitative estimate of drug-likeness (QED) is 0.744. The third-order valence-corrected chi connectivity index (χ3v) is 5.06. The summed E-state index contributed by atoms with van der Waals surface area (Å²) >= 11 is 0. The molecule has 96 valence electrons. The van der Waals surface area contributed by atoms with Gasteiger partial charge in [0.2, 0.25) is 0 Å². The van der Waals surface area contributed by atoms with Gasteiger partial charge in [0.1, 0.15) is 0 Å². The topological polar surface area (TPSA) is 17.1 Å². The van der Waals surface area contributed by atoms with Gasteiger partial charge in [-0.25, -0.2) is 0 Å². The van der Waals surface area contributed by atoms with Gasteiger partial charge in [-0.2, -0.15) is 0 Å². The zero-order chi connectivity index (χ0) is 13.1. The highest BCUT2D eigenvalue weighted by molar-refractivity contribution is 8.00. The first-order valence-corrected chi connectivity index (χ1v) is 8.12. The lowest BCUT2D eigenvalue weighted by molar-refractivity contribution is 0.589. The summed E-state index contributed by atoms with van der Waals surface area (Å²) < 4.78 is 12.4. The minimum Gasteiger partial charge on any atom is -0.263 e. The van der Waals surface area contributed by atoms with Crippen molar-refractivity contribution in [2.75, 3.05) is 5.75 Å². The standard InChI is InChI=1S/C15H24OS/c1-6-7-12-17(5,16)14-10-8-13(9-11-14)15(2,3)4/h8-11H,5-7,12H2,1-4H3. The third-order valence-electron chi connectivity index (χ3n) is 2.98. The predicted molar refractivity (Wildman–Crippen MR) is 78.4 cm³/mol. The first kappa shape index (κ1) is 14.3. The van der Waals surface area contributed by atoms with Crippen LogP contribution >= 0.6 is 0 Å². The van der Waals surface area contributed by atoms with Crippen LogP contribution in [0, 0.1) is 0 Å². The Bertz CT molecular complexity index is 447. The van der Waals surface area contributed by atoms with Crippen LogP contribution in [0.15, 0.2) is 29.2 Å². The van der Waals surface area contributed by atoms with E-state index >= 15 is 0 Å². The highest BCUT2D eigenvalue weighted by atomic mass is 32.2. The normalized spacial score (nSPS) is 15.5. The van der Waals surface area contributed by atoms with Gasteiger partial charge in [-0.3, -0.25) is 4.21 Å². The number of unbranched alkanes of at least 4 members (excludes halogenated alkanes) is 1. The predicted octanol–water partition coefficient (Wildman–Crippen LogP) is 3.86. The number of benzene rings is 1. The van der Waals surface area contributed by atoms with Crippen molar-refractivity contribution in [2.24, 2.45) is 0 Å². The lowest BCUT2D eigenvalue weighted by Crippen LogP contribution is -2.12. The second-order valence-corrected chi connectivity index (χ2v) is 8.15. The van der Waals surface area contributed by atoms with Gasteiger partial charge in [0.25, 0.3) is 0 Å². The van der Waals surface area contributed by atoms with Gasteiger partial charge in [0.15, 0.2) is 0 Å². The Hall–Kier alpha value is -0.760. The van der Waals surface area contributed by atoms with Crippen molar-refractivity contribution in [3.05, 3.63) is 29.8 Å². The number of rotatable bonds is 4. The van der Waals surface area contributed by atoms with Crippen molar-refractivity contribution in [3.63, 3.8) is 0 Å². The summed E-state index contributed by atoms with van der Waals surface area (Å²) in [5, 5.41) is 0. The molecule has 0 saturated heterocycles. The molecule has 0 aliphatic heterocycles. The minimum absolute atomic E-state index is 0.143. The van der Waals surface area contributed by atoms with Crippen molar-refractivity contribution in [3.8, 4) is 0 Å². The van der Waals surface area contributed by atoms with Crippen molar-refractivity contribution < 1.29 is 4.21 Å². The van der Waals surface area contributed by atoms with Gasteiger partial charge < -0.3 is 0 Å². The average Bonchev–Trinajstić information content (AvgIpc) is 2.25. The lowest BCUT2D eigenvalue weighted by atomic mass is 9.87. The molecule has 0 aliphatic carbocycles. The van der Waals surface area contributed by atoms with E-state index in [-0.39, 0.29) is 5.41 Å². The van der Waals surface area contributed by atoms with Crippen molar-refractivity contribution in [2.45, 2.75) is 50.8 Å². The van der Waals surface area contributed by atoms with Crippen LogP contribution in [0.25, 0.3) is 0 Å². The first-order chi connectivity index (χ1) is 7.77. The molecule has 0 bridgehead atoms. The van der Waals surface area contributed by atoms with Gasteiger partial charge >= 0.3 is 0 Å². The molecule has 0 N–H and O–H groups in total. The molecule has 0 spiro atoms. The molecular formula is C15H24OS. The van der Waals surface area contributed by atoms with Gasteiger partial charge in [-0.05, 0) is 44.9 Å². The van der Waals surface area contributed by atoms with Gasteiger partial charge in [-0.1, -0.05) is 46.2 Å². The summed E-state index contributed by atoms with van der Waals surface area (Å²) in [4.78, 5) is 0.888. The Kier molecular flexibility index (Phi) is 4.42. The second-order valence-electron chi connectivity index (χ2n) is 5.64. The van der Waals surface area contributed by atoms with E-state index in [0.29, 0.717) is 5.75 Å². The van der Waals surface area contributed by atoms with Gasteiger partial charge in [-0.15, -0.1) is 0 Å². The molecule has 1 atom stereocenters. The Morgan fingerprint density at radius 1 is 1.18 bits per heavy atom. The van der Waals surface area contributed by atoms with Crippen LogP contribution in [0.2, 0.25) is 0 Å². The Morgan fingerprint density at radius 2 is 1.71 bits per heavy atom. The molecule has 2 heteroatoms. The van der Waals surface area contributed by atoms with Crippen LogP contribution in [-0.4, -0.2) is 15.8 Å². The molecule has 1 nitrogen and oxygen atoms in total. The zero-order valence-corrected chi connectivity index (χ0v) is 12.3. The zero-order valence-electron chi connectivity index (χ0n) is 11.5. The Balaban J connectivity index is 2.95. The van der Waals surface area contributed by atoms with Crippen LogP contribution in [0.5, 0.6) is 0 Å². The van der Waals surface area contributed by atoms with Crippen LogP contribution < -0.4 is 0 Å². The fourth-order valence-corrected chi connectivity index (χ4v) is 3.32. The molecule has 1 unspecified atom stereocenters. The van der Waals surface area contributed by atoms with E-state index in [1.807, 2.05) is 12.1 Å². The van der Waals surface area contributed by atoms with E-state index in [9.17, 15) is 4.21 Å². The largest absolute Gasteiger partial charge is 0.263 e. The molecule has 17 heavy (non-hydrogen) atoms. The molecule has 0 aromatic heterocycles. The SMILES string of the molecule is C=S(=O)(CCCC)c1ccc(C(C)(C)C)cc1. The van der Waals surface area contributed by atoms with Crippen LogP contribution in [0.4, 0.5) is 0 Å². The van der Waals surface area contributed by atoms with Crippen LogP contribution in [0.3, 0.4) is 0 Å². The van der Waals surface area contributed by atoms with E-state index in [1.165, 1.54) is 5.56 Å². The molecular weight excluding hydrogens is 228 g/mol. The smallest absolute Gasteiger partial charge is 0.0305 e. The van der Waals surface area contributed by atoms with Gasteiger partial charge in [0, 0.05) is 10.6 Å². The van der Waals surface area contributed by atoms with Crippen LogP contribution in [0.1, 0.15) is 46.1 Å². The second kappa shape index (κ2) is 5.26. The number of hydrogen-bond donors (Lipinski definition) is 0. The molecule has 0 aliphatic rings. The van der Waals surface area contributed by atoms with Crippen molar-refractivity contribution >= 4 is 15.4 Å². The molecule has 0 heterocycles. The molecule has 1 aromatic rings. The highest BCUT2D eigenvalue weighted by Crippen LogP contribution is 2.23. The number of hydrogen-bond acceptors (Lipinski definition) is 1. The molecule has 0 radical (unpaired) electrons. The maximum atomic E-state index is 12.4. The van der Waals surface area contributed by atoms with E-state index in [2.05, 4.69) is 45.7 Å². The summed E-state index contributed by atoms with van der Waals surface area (Å²) in [7, 11) is -2.08.